The van der Waals surface area contributed by atoms with Gasteiger partial charge < -0.3 is 0 Å². The van der Waals surface area contributed by atoms with Crippen molar-refractivity contribution in [3.63, 3.8) is 0 Å². The zero-order chi connectivity index (χ0) is 22.9. The second-order valence-corrected chi connectivity index (χ2v) is 10.9. The van der Waals surface area contributed by atoms with Crippen molar-refractivity contribution in [2.75, 3.05) is 11.6 Å². The fourth-order valence-corrected chi connectivity index (χ4v) is 5.04. The minimum Gasteiger partial charge on any atom is -0.298 e. The van der Waals surface area contributed by atoms with Crippen molar-refractivity contribution >= 4 is 48.1 Å². The van der Waals surface area contributed by atoms with Crippen LogP contribution in [0.15, 0.2) is 82.2 Å². The zero-order valence-electron chi connectivity index (χ0n) is 16.7. The summed E-state index contributed by atoms with van der Waals surface area (Å²) < 4.78 is 37.8. The summed E-state index contributed by atoms with van der Waals surface area (Å²) >= 11 is 4.61. The van der Waals surface area contributed by atoms with Crippen LogP contribution in [0.2, 0.25) is 0 Å². The normalized spacial score (nSPS) is 11.3. The van der Waals surface area contributed by atoms with Gasteiger partial charge in [-0.25, -0.2) is 17.8 Å². The quantitative estimate of drug-likeness (QED) is 0.341. The highest BCUT2D eigenvalue weighted by Crippen LogP contribution is 2.39. The summed E-state index contributed by atoms with van der Waals surface area (Å²) in [6.07, 6.45) is 1.14. The first-order valence-electron chi connectivity index (χ1n) is 9.35. The number of carbonyl (C=O) groups excluding carboxylic acids is 1. The predicted molar refractivity (Wildman–Crippen MR) is 128 cm³/mol. The smallest absolute Gasteiger partial charge is 0.257 e. The van der Waals surface area contributed by atoms with E-state index >= 15 is 0 Å². The molecule has 0 aliphatic carbocycles. The molecule has 0 atom stereocenters. The summed E-state index contributed by atoms with van der Waals surface area (Å²) in [5.41, 5.74) is 2.44. The molecule has 0 saturated heterocycles. The molecule has 1 amide bonds. The molecule has 3 aromatic carbocycles. The number of nitrogens with one attached hydrogen (secondary N) is 1. The lowest BCUT2D eigenvalue weighted by molar-refractivity contribution is 0.102. The van der Waals surface area contributed by atoms with E-state index < -0.39 is 9.84 Å². The number of carbonyl (C=O) groups is 1. The van der Waals surface area contributed by atoms with E-state index in [4.69, 9.17) is 0 Å². The number of thiazole rings is 1. The van der Waals surface area contributed by atoms with E-state index in [1.54, 1.807) is 42.5 Å². The van der Waals surface area contributed by atoms with Crippen molar-refractivity contribution in [3.8, 4) is 21.7 Å². The summed E-state index contributed by atoms with van der Waals surface area (Å²) in [6.45, 7) is 0. The predicted octanol–water partition coefficient (Wildman–Crippen LogP) is 6.03. The lowest BCUT2D eigenvalue weighted by Crippen LogP contribution is -2.11. The Labute approximate surface area is 197 Å². The van der Waals surface area contributed by atoms with Crippen molar-refractivity contribution in [2.24, 2.45) is 0 Å². The third kappa shape index (κ3) is 4.95. The van der Waals surface area contributed by atoms with Gasteiger partial charge in [-0.1, -0.05) is 57.6 Å². The van der Waals surface area contributed by atoms with E-state index in [9.17, 15) is 17.6 Å². The summed E-state index contributed by atoms with van der Waals surface area (Å²) in [6, 6.07) is 19.3. The first kappa shape index (κ1) is 22.3. The number of nitrogens with zero attached hydrogens (tertiary/aromatic N) is 1. The molecule has 5 nitrogen and oxygen atoms in total. The van der Waals surface area contributed by atoms with Crippen molar-refractivity contribution < 1.29 is 17.6 Å². The Kier molecular flexibility index (Phi) is 6.23. The SMILES string of the molecule is CS(=O)(=O)c1ccc(-c2nc(NC(=O)c3cccc(Br)c3)sc2-c2ccc(F)cc2)cc1. The maximum Gasteiger partial charge on any atom is 0.257 e. The number of amides is 1. The van der Waals surface area contributed by atoms with Crippen LogP contribution in [0.4, 0.5) is 9.52 Å². The Morgan fingerprint density at radius 1 is 1.00 bits per heavy atom. The Balaban J connectivity index is 1.75. The highest BCUT2D eigenvalue weighted by Gasteiger charge is 2.18. The molecule has 0 spiro atoms. The second-order valence-electron chi connectivity index (χ2n) is 6.96. The van der Waals surface area contributed by atoms with Crippen molar-refractivity contribution in [1.29, 1.82) is 0 Å². The monoisotopic (exact) mass is 530 g/mol. The molecule has 1 aromatic heterocycles. The third-order valence-corrected chi connectivity index (χ3v) is 7.24. The number of hydrogen-bond donors (Lipinski definition) is 1. The van der Waals surface area contributed by atoms with Gasteiger partial charge in [0.2, 0.25) is 0 Å². The number of halogens is 2. The van der Waals surface area contributed by atoms with Gasteiger partial charge in [-0.05, 0) is 48.0 Å². The van der Waals surface area contributed by atoms with Crippen LogP contribution in [0, 0.1) is 5.82 Å². The van der Waals surface area contributed by atoms with E-state index in [0.29, 0.717) is 22.0 Å². The Hall–Kier alpha value is -2.88. The molecule has 0 unspecified atom stereocenters. The van der Waals surface area contributed by atoms with Crippen LogP contribution in [0.3, 0.4) is 0 Å². The molecule has 0 aliphatic rings. The largest absolute Gasteiger partial charge is 0.298 e. The third-order valence-electron chi connectivity index (χ3n) is 4.60. The molecule has 4 rings (SSSR count). The Morgan fingerprint density at radius 2 is 1.66 bits per heavy atom. The van der Waals surface area contributed by atoms with Crippen LogP contribution < -0.4 is 5.32 Å². The fraction of sp³-hybridized carbons (Fsp3) is 0.0435. The average Bonchev–Trinajstić information content (AvgIpc) is 3.17. The van der Waals surface area contributed by atoms with Gasteiger partial charge in [0.25, 0.3) is 5.91 Å². The minimum atomic E-state index is -3.33. The second kappa shape index (κ2) is 8.93. The van der Waals surface area contributed by atoms with Crippen molar-refractivity contribution in [1.82, 2.24) is 4.98 Å². The topological polar surface area (TPSA) is 76.1 Å². The molecule has 4 aromatic rings. The first-order chi connectivity index (χ1) is 15.2. The molecule has 0 radical (unpaired) electrons. The van der Waals surface area contributed by atoms with E-state index in [0.717, 1.165) is 21.2 Å². The number of sulfone groups is 1. The van der Waals surface area contributed by atoms with Gasteiger partial charge in [-0.3, -0.25) is 10.1 Å². The van der Waals surface area contributed by atoms with Crippen LogP contribution in [-0.4, -0.2) is 25.6 Å². The van der Waals surface area contributed by atoms with Gasteiger partial charge in [0, 0.05) is 21.9 Å². The van der Waals surface area contributed by atoms with Crippen LogP contribution in [-0.2, 0) is 9.84 Å². The van der Waals surface area contributed by atoms with Gasteiger partial charge >= 0.3 is 0 Å². The zero-order valence-corrected chi connectivity index (χ0v) is 19.9. The van der Waals surface area contributed by atoms with Crippen LogP contribution in [0.25, 0.3) is 21.7 Å². The van der Waals surface area contributed by atoms with Crippen LogP contribution in [0.5, 0.6) is 0 Å². The average molecular weight is 531 g/mol. The van der Waals surface area contributed by atoms with E-state index in [1.165, 1.54) is 35.6 Å². The molecule has 32 heavy (non-hydrogen) atoms. The molecule has 0 bridgehead atoms. The van der Waals surface area contributed by atoms with Crippen LogP contribution in [0.1, 0.15) is 10.4 Å². The highest BCUT2D eigenvalue weighted by atomic mass is 79.9. The molecule has 0 aliphatic heterocycles. The molecule has 1 N–H and O–H groups in total. The van der Waals surface area contributed by atoms with Crippen LogP contribution >= 0.6 is 27.3 Å². The summed E-state index contributed by atoms with van der Waals surface area (Å²) in [5.74, 6) is -0.676. The van der Waals surface area contributed by atoms with Gasteiger partial charge in [0.1, 0.15) is 5.82 Å². The standard InChI is InChI=1S/C23H16BrFN2O3S2/c1-32(29,30)19-11-7-14(8-12-19)20-21(15-5-9-18(25)10-6-15)31-23(26-20)27-22(28)16-3-2-4-17(24)13-16/h2-13H,1H3,(H,26,27,28). The van der Waals surface area contributed by atoms with E-state index in [-0.39, 0.29) is 16.6 Å². The molecule has 9 heteroatoms. The van der Waals surface area contributed by atoms with E-state index in [2.05, 4.69) is 26.2 Å². The molecular weight excluding hydrogens is 515 g/mol. The maximum atomic E-state index is 13.4. The molecule has 1 heterocycles. The number of rotatable bonds is 5. The summed E-state index contributed by atoms with van der Waals surface area (Å²) in [7, 11) is -3.33. The lowest BCUT2D eigenvalue weighted by Gasteiger charge is -2.04. The van der Waals surface area contributed by atoms with E-state index in [1.807, 2.05) is 6.07 Å². The minimum absolute atomic E-state index is 0.197. The van der Waals surface area contributed by atoms with Gasteiger partial charge in [0.15, 0.2) is 15.0 Å². The summed E-state index contributed by atoms with van der Waals surface area (Å²) in [4.78, 5) is 18.2. The number of anilines is 1. The first-order valence-corrected chi connectivity index (χ1v) is 12.8. The maximum absolute atomic E-state index is 13.4. The van der Waals surface area contributed by atoms with Crippen molar-refractivity contribution in [2.45, 2.75) is 4.90 Å². The molecule has 0 fully saturated rings. The fourth-order valence-electron chi connectivity index (χ4n) is 3.03. The summed E-state index contributed by atoms with van der Waals surface area (Å²) in [5, 5.41) is 3.18. The van der Waals surface area contributed by atoms with Gasteiger partial charge in [-0.15, -0.1) is 0 Å². The number of hydrogen-bond acceptors (Lipinski definition) is 5. The lowest BCUT2D eigenvalue weighted by atomic mass is 10.1. The molecule has 0 saturated carbocycles. The Morgan fingerprint density at radius 3 is 2.28 bits per heavy atom. The number of aromatic nitrogens is 1. The highest BCUT2D eigenvalue weighted by molar-refractivity contribution is 9.10. The Bertz CT molecular complexity index is 1400. The van der Waals surface area contributed by atoms with Gasteiger partial charge in [0.05, 0.1) is 15.5 Å². The molecule has 162 valence electrons. The molecular formula is C23H16BrFN2O3S2. The van der Waals surface area contributed by atoms with Crippen molar-refractivity contribution in [3.05, 3.63) is 88.6 Å². The van der Waals surface area contributed by atoms with Gasteiger partial charge in [-0.2, -0.15) is 0 Å². The number of benzene rings is 3.